The molecule has 4 heteroatoms. The average molecular weight is 258 g/mol. The van der Waals surface area contributed by atoms with E-state index in [9.17, 15) is 5.26 Å². The van der Waals surface area contributed by atoms with Gasteiger partial charge in [-0.15, -0.1) is 0 Å². The highest BCUT2D eigenvalue weighted by Crippen LogP contribution is 2.20. The molecule has 0 aliphatic carbocycles. The highest BCUT2D eigenvalue weighted by molar-refractivity contribution is 7.99. The molecule has 0 heterocycles. The summed E-state index contributed by atoms with van der Waals surface area (Å²) in [4.78, 5) is 0. The SMILES string of the molecule is CCCNC(C#N)(CC)CCCSC(C)CO. The predicted molar refractivity (Wildman–Crippen MR) is 75.2 cm³/mol. The topological polar surface area (TPSA) is 56.0 Å². The number of nitrogens with zero attached hydrogens (tertiary/aromatic N) is 1. The molecule has 0 amide bonds. The molecule has 2 atom stereocenters. The lowest BCUT2D eigenvalue weighted by Gasteiger charge is -2.26. The molecule has 2 unspecified atom stereocenters. The van der Waals surface area contributed by atoms with Crippen molar-refractivity contribution in [2.45, 2.75) is 57.2 Å². The van der Waals surface area contributed by atoms with Crippen molar-refractivity contribution in [1.29, 1.82) is 5.26 Å². The predicted octanol–water partition coefficient (Wildman–Crippen LogP) is 2.55. The van der Waals surface area contributed by atoms with E-state index in [-0.39, 0.29) is 12.1 Å². The molecule has 0 aromatic carbocycles. The number of aliphatic hydroxyl groups is 1. The summed E-state index contributed by atoms with van der Waals surface area (Å²) in [5, 5.41) is 21.9. The summed E-state index contributed by atoms with van der Waals surface area (Å²) in [5.41, 5.74) is -0.348. The minimum atomic E-state index is -0.348. The summed E-state index contributed by atoms with van der Waals surface area (Å²) in [7, 11) is 0. The van der Waals surface area contributed by atoms with Crippen molar-refractivity contribution in [3.05, 3.63) is 0 Å². The number of nitrogens with one attached hydrogen (secondary N) is 1. The van der Waals surface area contributed by atoms with Gasteiger partial charge >= 0.3 is 0 Å². The molecule has 0 rings (SSSR count). The first-order valence-electron chi connectivity index (χ1n) is 6.52. The van der Waals surface area contributed by atoms with Crippen LogP contribution >= 0.6 is 11.8 Å². The highest BCUT2D eigenvalue weighted by Gasteiger charge is 2.26. The number of thioether (sulfide) groups is 1. The Labute approximate surface area is 110 Å². The van der Waals surface area contributed by atoms with E-state index in [1.165, 1.54) is 0 Å². The number of aliphatic hydroxyl groups excluding tert-OH is 1. The van der Waals surface area contributed by atoms with Crippen molar-refractivity contribution in [2.24, 2.45) is 0 Å². The highest BCUT2D eigenvalue weighted by atomic mass is 32.2. The number of nitriles is 1. The fraction of sp³-hybridized carbons (Fsp3) is 0.923. The Balaban J connectivity index is 3.96. The van der Waals surface area contributed by atoms with Crippen LogP contribution in [-0.2, 0) is 0 Å². The van der Waals surface area contributed by atoms with Crippen molar-refractivity contribution in [2.75, 3.05) is 18.9 Å². The van der Waals surface area contributed by atoms with Gasteiger partial charge in [0.25, 0.3) is 0 Å². The molecular formula is C13H26N2OS. The second-order valence-corrected chi connectivity index (χ2v) is 5.99. The van der Waals surface area contributed by atoms with Crippen LogP contribution in [0.3, 0.4) is 0 Å². The van der Waals surface area contributed by atoms with E-state index in [1.807, 2.05) is 6.92 Å². The van der Waals surface area contributed by atoms with Gasteiger partial charge in [0.1, 0.15) is 5.54 Å². The third-order valence-electron chi connectivity index (χ3n) is 2.94. The zero-order valence-corrected chi connectivity index (χ0v) is 12.1. The number of hydrogen-bond donors (Lipinski definition) is 2. The zero-order chi connectivity index (χ0) is 13.1. The molecule has 0 aromatic rings. The second kappa shape index (κ2) is 9.76. The van der Waals surface area contributed by atoms with Gasteiger partial charge in [-0.1, -0.05) is 20.8 Å². The van der Waals surface area contributed by atoms with Crippen molar-refractivity contribution >= 4 is 11.8 Å². The third-order valence-corrected chi connectivity index (χ3v) is 4.18. The van der Waals surface area contributed by atoms with Crippen LogP contribution in [0.15, 0.2) is 0 Å². The van der Waals surface area contributed by atoms with E-state index < -0.39 is 0 Å². The lowest BCUT2D eigenvalue weighted by atomic mass is 9.92. The molecular weight excluding hydrogens is 232 g/mol. The average Bonchev–Trinajstić information content (AvgIpc) is 2.38. The van der Waals surface area contributed by atoms with E-state index in [0.29, 0.717) is 5.25 Å². The normalized spacial score (nSPS) is 16.2. The van der Waals surface area contributed by atoms with E-state index in [2.05, 4.69) is 25.2 Å². The van der Waals surface area contributed by atoms with E-state index in [0.717, 1.165) is 38.0 Å². The van der Waals surface area contributed by atoms with Crippen LogP contribution in [0.25, 0.3) is 0 Å². The lowest BCUT2D eigenvalue weighted by molar-refractivity contribution is 0.300. The van der Waals surface area contributed by atoms with Gasteiger partial charge in [0.05, 0.1) is 12.7 Å². The Bertz CT molecular complexity index is 230. The Morgan fingerprint density at radius 3 is 2.65 bits per heavy atom. The maximum atomic E-state index is 9.30. The molecule has 0 fully saturated rings. The van der Waals surface area contributed by atoms with E-state index in [1.54, 1.807) is 11.8 Å². The standard InChI is InChI=1S/C13H26N2OS/c1-4-8-15-13(5-2,11-14)7-6-9-17-12(3)10-16/h12,15-16H,4-10H2,1-3H3. The maximum absolute atomic E-state index is 9.30. The monoisotopic (exact) mass is 258 g/mol. The molecule has 17 heavy (non-hydrogen) atoms. The van der Waals surface area contributed by atoms with Gasteiger partial charge in [0.15, 0.2) is 0 Å². The van der Waals surface area contributed by atoms with Crippen LogP contribution in [0.1, 0.15) is 46.5 Å². The van der Waals surface area contributed by atoms with Crippen LogP contribution in [0.2, 0.25) is 0 Å². The van der Waals surface area contributed by atoms with Crippen molar-refractivity contribution in [3.63, 3.8) is 0 Å². The van der Waals surface area contributed by atoms with Crippen LogP contribution in [-0.4, -0.2) is 34.8 Å². The minimum absolute atomic E-state index is 0.232. The van der Waals surface area contributed by atoms with Crippen LogP contribution in [0.5, 0.6) is 0 Å². The lowest BCUT2D eigenvalue weighted by Crippen LogP contribution is -2.43. The number of rotatable bonds is 10. The smallest absolute Gasteiger partial charge is 0.106 e. The van der Waals surface area contributed by atoms with Gasteiger partial charge in [0, 0.05) is 5.25 Å². The molecule has 0 saturated carbocycles. The first kappa shape index (κ1) is 16.8. The number of hydrogen-bond acceptors (Lipinski definition) is 4. The Morgan fingerprint density at radius 2 is 2.18 bits per heavy atom. The first-order chi connectivity index (χ1) is 8.14. The Kier molecular flexibility index (Phi) is 9.62. The molecule has 0 bridgehead atoms. The fourth-order valence-corrected chi connectivity index (χ4v) is 2.46. The zero-order valence-electron chi connectivity index (χ0n) is 11.3. The van der Waals surface area contributed by atoms with Crippen molar-refractivity contribution in [1.82, 2.24) is 5.32 Å². The summed E-state index contributed by atoms with van der Waals surface area (Å²) in [6, 6.07) is 2.43. The molecule has 0 radical (unpaired) electrons. The van der Waals surface area contributed by atoms with Gasteiger partial charge in [-0.2, -0.15) is 17.0 Å². The molecule has 0 saturated heterocycles. The van der Waals surface area contributed by atoms with Gasteiger partial charge in [-0.25, -0.2) is 0 Å². The Hall–Kier alpha value is -0.240. The molecule has 0 aliphatic rings. The van der Waals surface area contributed by atoms with Crippen molar-refractivity contribution < 1.29 is 5.11 Å². The molecule has 0 aliphatic heterocycles. The molecule has 0 aromatic heterocycles. The van der Waals surface area contributed by atoms with Gasteiger partial charge in [0.2, 0.25) is 0 Å². The Morgan fingerprint density at radius 1 is 1.47 bits per heavy atom. The molecule has 3 nitrogen and oxygen atoms in total. The second-order valence-electron chi connectivity index (χ2n) is 4.44. The first-order valence-corrected chi connectivity index (χ1v) is 7.57. The summed E-state index contributed by atoms with van der Waals surface area (Å²) in [5.74, 6) is 1.01. The summed E-state index contributed by atoms with van der Waals surface area (Å²) in [6.45, 7) is 7.34. The van der Waals surface area contributed by atoms with Gasteiger partial charge in [-0.3, -0.25) is 5.32 Å². The fourth-order valence-electron chi connectivity index (χ4n) is 1.64. The summed E-state index contributed by atoms with van der Waals surface area (Å²) in [6.07, 6.45) is 3.82. The third kappa shape index (κ3) is 6.92. The van der Waals surface area contributed by atoms with E-state index >= 15 is 0 Å². The molecule has 2 N–H and O–H groups in total. The quantitative estimate of drug-likeness (QED) is 0.591. The van der Waals surface area contributed by atoms with Gasteiger partial charge < -0.3 is 5.11 Å². The van der Waals surface area contributed by atoms with Crippen LogP contribution < -0.4 is 5.32 Å². The summed E-state index contributed by atoms with van der Waals surface area (Å²) >= 11 is 1.77. The molecule has 100 valence electrons. The summed E-state index contributed by atoms with van der Waals surface area (Å²) < 4.78 is 0. The molecule has 0 spiro atoms. The van der Waals surface area contributed by atoms with Crippen LogP contribution in [0.4, 0.5) is 0 Å². The van der Waals surface area contributed by atoms with E-state index in [4.69, 9.17) is 5.11 Å². The largest absolute Gasteiger partial charge is 0.395 e. The van der Waals surface area contributed by atoms with Crippen LogP contribution in [0, 0.1) is 11.3 Å². The van der Waals surface area contributed by atoms with Gasteiger partial charge in [-0.05, 0) is 38.0 Å². The van der Waals surface area contributed by atoms with Crippen molar-refractivity contribution in [3.8, 4) is 6.07 Å². The maximum Gasteiger partial charge on any atom is 0.106 e. The minimum Gasteiger partial charge on any atom is -0.395 e.